The van der Waals surface area contributed by atoms with E-state index in [9.17, 15) is 0 Å². The molecule has 110 valence electrons. The van der Waals surface area contributed by atoms with E-state index in [1.165, 1.54) is 16.7 Å². The molecule has 0 spiro atoms. The van der Waals surface area contributed by atoms with Gasteiger partial charge in [0.25, 0.3) is 0 Å². The fraction of sp³-hybridized carbons (Fsp3) is 0.278. The van der Waals surface area contributed by atoms with Gasteiger partial charge in [0.05, 0.1) is 5.71 Å². The topological polar surface area (TPSA) is 41.8 Å². The lowest BCUT2D eigenvalue weighted by atomic mass is 10.0. The highest BCUT2D eigenvalue weighted by Gasteiger charge is 2.10. The molecule has 0 saturated heterocycles. The van der Waals surface area contributed by atoms with Gasteiger partial charge in [0.15, 0.2) is 0 Å². The molecule has 0 aliphatic carbocycles. The summed E-state index contributed by atoms with van der Waals surface area (Å²) in [6, 6.07) is 13.9. The third-order valence-electron chi connectivity index (χ3n) is 3.67. The summed E-state index contributed by atoms with van der Waals surface area (Å²) in [5.74, 6) is 0.745. The van der Waals surface area contributed by atoms with Crippen LogP contribution in [0.1, 0.15) is 35.6 Å². The molecule has 0 aliphatic rings. The minimum atomic E-state index is 0.512. The second-order valence-corrected chi connectivity index (χ2v) is 5.06. The van der Waals surface area contributed by atoms with E-state index in [1.54, 1.807) is 0 Å². The first-order chi connectivity index (χ1) is 10.2. The average Bonchev–Trinajstić information content (AvgIpc) is 2.49. The minimum absolute atomic E-state index is 0.512. The SMILES string of the molecule is CC/C(=N/O)c1ccccc1OCc1c(C)cccc1C. The van der Waals surface area contributed by atoms with Crippen molar-refractivity contribution in [1.29, 1.82) is 0 Å². The van der Waals surface area contributed by atoms with Gasteiger partial charge in [-0.15, -0.1) is 0 Å². The highest BCUT2D eigenvalue weighted by Crippen LogP contribution is 2.23. The van der Waals surface area contributed by atoms with Crippen LogP contribution in [0.5, 0.6) is 5.75 Å². The van der Waals surface area contributed by atoms with Crippen LogP contribution in [0, 0.1) is 13.8 Å². The molecule has 0 atom stereocenters. The lowest BCUT2D eigenvalue weighted by Crippen LogP contribution is -2.06. The summed E-state index contributed by atoms with van der Waals surface area (Å²) in [4.78, 5) is 0. The zero-order chi connectivity index (χ0) is 15.2. The lowest BCUT2D eigenvalue weighted by molar-refractivity contribution is 0.301. The summed E-state index contributed by atoms with van der Waals surface area (Å²) >= 11 is 0. The fourth-order valence-electron chi connectivity index (χ4n) is 2.37. The third kappa shape index (κ3) is 3.43. The molecule has 0 unspecified atom stereocenters. The highest BCUT2D eigenvalue weighted by atomic mass is 16.5. The highest BCUT2D eigenvalue weighted by molar-refractivity contribution is 6.02. The van der Waals surface area contributed by atoms with Gasteiger partial charge in [0.2, 0.25) is 0 Å². The maximum Gasteiger partial charge on any atom is 0.128 e. The molecule has 0 amide bonds. The molecule has 0 bridgehead atoms. The van der Waals surface area contributed by atoms with Crippen molar-refractivity contribution in [3.05, 3.63) is 64.7 Å². The average molecular weight is 283 g/mol. The van der Waals surface area contributed by atoms with Crippen molar-refractivity contribution in [1.82, 2.24) is 0 Å². The first-order valence-electron chi connectivity index (χ1n) is 7.15. The van der Waals surface area contributed by atoms with Crippen LogP contribution in [-0.4, -0.2) is 10.9 Å². The van der Waals surface area contributed by atoms with Crippen LogP contribution in [0.3, 0.4) is 0 Å². The Morgan fingerprint density at radius 2 is 1.71 bits per heavy atom. The molecular weight excluding hydrogens is 262 g/mol. The van der Waals surface area contributed by atoms with Gasteiger partial charge in [0.1, 0.15) is 12.4 Å². The van der Waals surface area contributed by atoms with E-state index in [2.05, 4.69) is 37.2 Å². The molecular formula is C18H21NO2. The Balaban J connectivity index is 2.25. The Labute approximate surface area is 125 Å². The van der Waals surface area contributed by atoms with E-state index in [1.807, 2.05) is 31.2 Å². The van der Waals surface area contributed by atoms with E-state index < -0.39 is 0 Å². The molecule has 21 heavy (non-hydrogen) atoms. The van der Waals surface area contributed by atoms with E-state index in [0.717, 1.165) is 11.3 Å². The van der Waals surface area contributed by atoms with E-state index in [4.69, 9.17) is 9.94 Å². The molecule has 0 heterocycles. The molecule has 0 radical (unpaired) electrons. The molecule has 2 rings (SSSR count). The quantitative estimate of drug-likeness (QED) is 0.499. The molecule has 0 aliphatic heterocycles. The minimum Gasteiger partial charge on any atom is -0.488 e. The Hall–Kier alpha value is -2.29. The molecule has 1 N–H and O–H groups in total. The smallest absolute Gasteiger partial charge is 0.128 e. The predicted molar refractivity (Wildman–Crippen MR) is 85.3 cm³/mol. The van der Waals surface area contributed by atoms with Gasteiger partial charge >= 0.3 is 0 Å². The standard InChI is InChI=1S/C18H21NO2/c1-4-17(19-20)15-10-5-6-11-18(15)21-12-16-13(2)8-7-9-14(16)3/h5-11,20H,4,12H2,1-3H3/b19-17-. The molecule has 0 fully saturated rings. The molecule has 2 aromatic carbocycles. The number of hydrogen-bond acceptors (Lipinski definition) is 3. The second kappa shape index (κ2) is 6.93. The summed E-state index contributed by atoms with van der Waals surface area (Å²) in [6.07, 6.45) is 0.653. The Kier molecular flexibility index (Phi) is 4.99. The Morgan fingerprint density at radius 1 is 1.05 bits per heavy atom. The first-order valence-corrected chi connectivity index (χ1v) is 7.15. The van der Waals surface area contributed by atoms with Gasteiger partial charge in [-0.2, -0.15) is 0 Å². The van der Waals surface area contributed by atoms with Crippen molar-refractivity contribution in [2.75, 3.05) is 0 Å². The number of benzene rings is 2. The number of oxime groups is 1. The predicted octanol–water partition coefficient (Wildman–Crippen LogP) is 4.47. The second-order valence-electron chi connectivity index (χ2n) is 5.06. The van der Waals surface area contributed by atoms with Crippen molar-refractivity contribution in [3.8, 4) is 5.75 Å². The van der Waals surface area contributed by atoms with E-state index >= 15 is 0 Å². The van der Waals surface area contributed by atoms with Crippen LogP contribution in [0.25, 0.3) is 0 Å². The Morgan fingerprint density at radius 3 is 2.33 bits per heavy atom. The maximum atomic E-state index is 9.11. The molecule has 3 heteroatoms. The number of rotatable bonds is 5. The van der Waals surface area contributed by atoms with Crippen molar-refractivity contribution >= 4 is 5.71 Å². The van der Waals surface area contributed by atoms with Crippen molar-refractivity contribution < 1.29 is 9.94 Å². The van der Waals surface area contributed by atoms with Crippen molar-refractivity contribution in [2.24, 2.45) is 5.16 Å². The van der Waals surface area contributed by atoms with Gasteiger partial charge in [-0.1, -0.05) is 42.4 Å². The van der Waals surface area contributed by atoms with E-state index in [-0.39, 0.29) is 0 Å². The number of nitrogens with zero attached hydrogens (tertiary/aromatic N) is 1. The third-order valence-corrected chi connectivity index (χ3v) is 3.67. The summed E-state index contributed by atoms with van der Waals surface area (Å²) < 4.78 is 5.98. The van der Waals surface area contributed by atoms with Crippen LogP contribution >= 0.6 is 0 Å². The molecule has 2 aromatic rings. The summed E-state index contributed by atoms with van der Waals surface area (Å²) in [5, 5.41) is 12.5. The van der Waals surface area contributed by atoms with Gasteiger partial charge in [-0.25, -0.2) is 0 Å². The molecule has 3 nitrogen and oxygen atoms in total. The van der Waals surface area contributed by atoms with Crippen LogP contribution in [0.15, 0.2) is 47.6 Å². The van der Waals surface area contributed by atoms with Gasteiger partial charge in [-0.05, 0) is 49.1 Å². The summed E-state index contributed by atoms with van der Waals surface area (Å²) in [7, 11) is 0. The van der Waals surface area contributed by atoms with Gasteiger partial charge in [-0.3, -0.25) is 0 Å². The fourth-order valence-corrected chi connectivity index (χ4v) is 2.37. The number of para-hydroxylation sites is 1. The summed E-state index contributed by atoms with van der Waals surface area (Å²) in [5.41, 5.74) is 5.12. The van der Waals surface area contributed by atoms with Crippen LogP contribution in [0.4, 0.5) is 0 Å². The normalized spacial score (nSPS) is 11.5. The molecule has 0 saturated carbocycles. The van der Waals surface area contributed by atoms with Crippen LogP contribution in [-0.2, 0) is 6.61 Å². The molecule has 0 aromatic heterocycles. The Bertz CT molecular complexity index is 627. The van der Waals surface area contributed by atoms with Gasteiger partial charge in [0, 0.05) is 5.56 Å². The number of aryl methyl sites for hydroxylation is 2. The van der Waals surface area contributed by atoms with Crippen molar-refractivity contribution in [3.63, 3.8) is 0 Å². The van der Waals surface area contributed by atoms with Gasteiger partial charge < -0.3 is 9.94 Å². The summed E-state index contributed by atoms with van der Waals surface area (Å²) in [6.45, 7) is 6.64. The number of hydrogen-bond donors (Lipinski definition) is 1. The largest absolute Gasteiger partial charge is 0.488 e. The lowest BCUT2D eigenvalue weighted by Gasteiger charge is -2.14. The zero-order valence-electron chi connectivity index (χ0n) is 12.8. The van der Waals surface area contributed by atoms with Crippen molar-refractivity contribution in [2.45, 2.75) is 33.8 Å². The van der Waals surface area contributed by atoms with Crippen LogP contribution in [0.2, 0.25) is 0 Å². The number of ether oxygens (including phenoxy) is 1. The maximum absolute atomic E-state index is 9.11. The van der Waals surface area contributed by atoms with E-state index in [0.29, 0.717) is 18.7 Å². The monoisotopic (exact) mass is 283 g/mol. The first kappa shape index (κ1) is 15.1. The van der Waals surface area contributed by atoms with Crippen LogP contribution < -0.4 is 4.74 Å². The zero-order valence-corrected chi connectivity index (χ0v) is 12.8.